The molecule has 0 saturated carbocycles. The molecule has 0 bridgehead atoms. The summed E-state index contributed by atoms with van der Waals surface area (Å²) in [5.74, 6) is -0.00507. The van der Waals surface area contributed by atoms with Crippen molar-refractivity contribution >= 4 is 10.0 Å². The lowest BCUT2D eigenvalue weighted by atomic mass is 10.1. The first-order valence-electron chi connectivity index (χ1n) is 7.21. The summed E-state index contributed by atoms with van der Waals surface area (Å²) < 4.78 is 31.8. The lowest BCUT2D eigenvalue weighted by Crippen LogP contribution is -2.41. The van der Waals surface area contributed by atoms with Crippen molar-refractivity contribution in [2.75, 3.05) is 20.3 Å². The second-order valence-electron chi connectivity index (χ2n) is 5.14. The van der Waals surface area contributed by atoms with Crippen LogP contribution in [0.3, 0.4) is 0 Å². The molecule has 120 valence electrons. The molecule has 0 radical (unpaired) electrons. The van der Waals surface area contributed by atoms with Crippen molar-refractivity contribution in [2.24, 2.45) is 5.73 Å². The lowest BCUT2D eigenvalue weighted by molar-refractivity contribution is 0.167. The van der Waals surface area contributed by atoms with E-state index in [-0.39, 0.29) is 11.8 Å². The van der Waals surface area contributed by atoms with Crippen LogP contribution in [-0.2, 0) is 27.1 Å². The van der Waals surface area contributed by atoms with Crippen molar-refractivity contribution in [3.63, 3.8) is 0 Å². The summed E-state index contributed by atoms with van der Waals surface area (Å²) in [6, 6.07) is 7.37. The Labute approximate surface area is 128 Å². The van der Waals surface area contributed by atoms with Gasteiger partial charge in [0.05, 0.1) is 12.4 Å². The Kier molecular flexibility index (Phi) is 7.31. The van der Waals surface area contributed by atoms with Gasteiger partial charge in [-0.1, -0.05) is 31.2 Å². The second-order valence-corrected chi connectivity index (χ2v) is 7.06. The third kappa shape index (κ3) is 5.39. The minimum Gasteiger partial charge on any atom is -0.383 e. The largest absolute Gasteiger partial charge is 0.383 e. The standard InChI is InChI=1S/C15H26N2O3S/c1-4-13(2)17(8-9-20-3)21(18,19)12-15-7-5-6-14(10-15)11-16/h5-7,10,13H,4,8-9,11-12,16H2,1-3H3. The zero-order valence-electron chi connectivity index (χ0n) is 13.1. The highest BCUT2D eigenvalue weighted by Crippen LogP contribution is 2.16. The predicted octanol–water partition coefficient (Wildman–Crippen LogP) is 1.72. The highest BCUT2D eigenvalue weighted by atomic mass is 32.2. The molecule has 0 fully saturated rings. The van der Waals surface area contributed by atoms with E-state index in [1.54, 1.807) is 7.11 Å². The highest BCUT2D eigenvalue weighted by molar-refractivity contribution is 7.88. The molecule has 21 heavy (non-hydrogen) atoms. The van der Waals surface area contributed by atoms with Crippen LogP contribution >= 0.6 is 0 Å². The van der Waals surface area contributed by atoms with Crippen molar-refractivity contribution in [3.8, 4) is 0 Å². The van der Waals surface area contributed by atoms with Crippen LogP contribution in [0.15, 0.2) is 24.3 Å². The van der Waals surface area contributed by atoms with E-state index >= 15 is 0 Å². The third-order valence-electron chi connectivity index (χ3n) is 3.53. The van der Waals surface area contributed by atoms with Gasteiger partial charge in [0.1, 0.15) is 0 Å². The molecule has 1 unspecified atom stereocenters. The van der Waals surface area contributed by atoms with Crippen LogP contribution in [0.25, 0.3) is 0 Å². The van der Waals surface area contributed by atoms with Gasteiger partial charge >= 0.3 is 0 Å². The Balaban J connectivity index is 2.94. The van der Waals surface area contributed by atoms with E-state index in [4.69, 9.17) is 10.5 Å². The molecule has 0 heterocycles. The maximum atomic E-state index is 12.6. The number of rotatable bonds is 9. The van der Waals surface area contributed by atoms with Gasteiger partial charge in [-0.15, -0.1) is 0 Å². The van der Waals surface area contributed by atoms with Gasteiger partial charge in [-0.2, -0.15) is 4.31 Å². The SMILES string of the molecule is CCC(C)N(CCOC)S(=O)(=O)Cc1cccc(CN)c1. The minimum atomic E-state index is -3.37. The molecule has 5 nitrogen and oxygen atoms in total. The van der Waals surface area contributed by atoms with Crippen molar-refractivity contribution in [1.29, 1.82) is 0 Å². The molecule has 0 saturated heterocycles. The van der Waals surface area contributed by atoms with E-state index in [1.807, 2.05) is 38.1 Å². The van der Waals surface area contributed by atoms with E-state index in [2.05, 4.69) is 0 Å². The van der Waals surface area contributed by atoms with Gasteiger partial charge in [0.15, 0.2) is 0 Å². The molecular weight excluding hydrogens is 288 g/mol. The fraction of sp³-hybridized carbons (Fsp3) is 0.600. The first kappa shape index (κ1) is 18.1. The maximum absolute atomic E-state index is 12.6. The van der Waals surface area contributed by atoms with Crippen LogP contribution in [0.4, 0.5) is 0 Å². The van der Waals surface area contributed by atoms with E-state index in [0.717, 1.165) is 17.5 Å². The van der Waals surface area contributed by atoms with Gasteiger partial charge in [0, 0.05) is 26.2 Å². The Morgan fingerprint density at radius 1 is 1.33 bits per heavy atom. The zero-order valence-corrected chi connectivity index (χ0v) is 13.9. The fourth-order valence-corrected chi connectivity index (χ4v) is 3.98. The first-order chi connectivity index (χ1) is 9.94. The minimum absolute atomic E-state index is 0.00507. The molecular formula is C15H26N2O3S. The second kappa shape index (κ2) is 8.48. The number of ether oxygens (including phenoxy) is 1. The Bertz CT molecular complexity index is 531. The topological polar surface area (TPSA) is 72.6 Å². The molecule has 0 aliphatic heterocycles. The summed E-state index contributed by atoms with van der Waals surface area (Å²) in [5, 5.41) is 0. The monoisotopic (exact) mass is 314 g/mol. The number of benzene rings is 1. The Hall–Kier alpha value is -0.950. The average Bonchev–Trinajstić information content (AvgIpc) is 2.46. The number of hydrogen-bond donors (Lipinski definition) is 1. The van der Waals surface area contributed by atoms with Gasteiger partial charge in [0.2, 0.25) is 10.0 Å². The first-order valence-corrected chi connectivity index (χ1v) is 8.81. The van der Waals surface area contributed by atoms with Crippen molar-refractivity contribution in [3.05, 3.63) is 35.4 Å². The van der Waals surface area contributed by atoms with Gasteiger partial charge in [0.25, 0.3) is 0 Å². The lowest BCUT2D eigenvalue weighted by Gasteiger charge is -2.27. The van der Waals surface area contributed by atoms with Gasteiger partial charge < -0.3 is 10.5 Å². The quantitative estimate of drug-likeness (QED) is 0.753. The molecule has 0 amide bonds. The van der Waals surface area contributed by atoms with Gasteiger partial charge in [-0.05, 0) is 24.5 Å². The number of nitrogens with two attached hydrogens (primary N) is 1. The smallest absolute Gasteiger partial charge is 0.218 e. The van der Waals surface area contributed by atoms with E-state index < -0.39 is 10.0 Å². The number of sulfonamides is 1. The summed E-state index contributed by atoms with van der Waals surface area (Å²) in [6.45, 7) is 5.09. The molecule has 2 N–H and O–H groups in total. The normalized spacial score (nSPS) is 13.6. The van der Waals surface area contributed by atoms with Crippen molar-refractivity contribution < 1.29 is 13.2 Å². The van der Waals surface area contributed by atoms with Crippen LogP contribution in [0.5, 0.6) is 0 Å². The fourth-order valence-electron chi connectivity index (χ4n) is 2.16. The molecule has 1 atom stereocenters. The average molecular weight is 314 g/mol. The third-order valence-corrected chi connectivity index (χ3v) is 5.49. The van der Waals surface area contributed by atoms with Gasteiger partial charge in [-0.25, -0.2) is 8.42 Å². The van der Waals surface area contributed by atoms with Gasteiger partial charge in [-0.3, -0.25) is 0 Å². The Morgan fingerprint density at radius 3 is 2.57 bits per heavy atom. The van der Waals surface area contributed by atoms with Crippen molar-refractivity contribution in [1.82, 2.24) is 4.31 Å². The van der Waals surface area contributed by atoms with Crippen LogP contribution < -0.4 is 5.73 Å². The molecule has 6 heteroatoms. The van der Waals surface area contributed by atoms with Crippen molar-refractivity contribution in [2.45, 2.75) is 38.6 Å². The zero-order chi connectivity index (χ0) is 15.9. The number of hydrogen-bond acceptors (Lipinski definition) is 4. The predicted molar refractivity (Wildman–Crippen MR) is 85.3 cm³/mol. The van der Waals surface area contributed by atoms with Crippen LogP contribution in [-0.4, -0.2) is 39.0 Å². The molecule has 0 spiro atoms. The molecule has 1 rings (SSSR count). The number of nitrogens with zero attached hydrogens (tertiary/aromatic N) is 1. The highest BCUT2D eigenvalue weighted by Gasteiger charge is 2.26. The molecule has 1 aromatic rings. The molecule has 0 aliphatic rings. The molecule has 1 aromatic carbocycles. The summed E-state index contributed by atoms with van der Waals surface area (Å²) >= 11 is 0. The maximum Gasteiger partial charge on any atom is 0.218 e. The molecule has 0 aromatic heterocycles. The summed E-state index contributed by atoms with van der Waals surface area (Å²) in [4.78, 5) is 0. The summed E-state index contributed by atoms with van der Waals surface area (Å²) in [7, 11) is -1.80. The van der Waals surface area contributed by atoms with Crippen LogP contribution in [0.1, 0.15) is 31.4 Å². The summed E-state index contributed by atoms with van der Waals surface area (Å²) in [6.07, 6.45) is 0.770. The Morgan fingerprint density at radius 2 is 2.00 bits per heavy atom. The number of methoxy groups -OCH3 is 1. The molecule has 0 aliphatic carbocycles. The van der Waals surface area contributed by atoms with E-state index in [0.29, 0.717) is 19.7 Å². The van der Waals surface area contributed by atoms with E-state index in [9.17, 15) is 8.42 Å². The van der Waals surface area contributed by atoms with Crippen LogP contribution in [0.2, 0.25) is 0 Å². The van der Waals surface area contributed by atoms with E-state index in [1.165, 1.54) is 4.31 Å². The summed E-state index contributed by atoms with van der Waals surface area (Å²) in [5.41, 5.74) is 7.31. The van der Waals surface area contributed by atoms with Crippen LogP contribution in [0, 0.1) is 0 Å².